The van der Waals surface area contributed by atoms with Gasteiger partial charge in [0.25, 0.3) is 0 Å². The minimum absolute atomic E-state index is 0.176. The highest BCUT2D eigenvalue weighted by Gasteiger charge is 2.18. The van der Waals surface area contributed by atoms with Gasteiger partial charge in [-0.25, -0.2) is 9.59 Å². The predicted octanol–water partition coefficient (Wildman–Crippen LogP) is 4.95. The maximum absolute atomic E-state index is 12.5. The Hall–Kier alpha value is -4.87. The van der Waals surface area contributed by atoms with Crippen molar-refractivity contribution in [1.82, 2.24) is 0 Å². The van der Waals surface area contributed by atoms with Gasteiger partial charge in [0.05, 0.1) is 12.5 Å². The van der Waals surface area contributed by atoms with Crippen LogP contribution in [0.5, 0.6) is 0 Å². The lowest BCUT2D eigenvalue weighted by molar-refractivity contribution is -0.152. The van der Waals surface area contributed by atoms with Crippen molar-refractivity contribution in [1.29, 1.82) is 15.8 Å². The summed E-state index contributed by atoms with van der Waals surface area (Å²) in [4.78, 5) is 26.9. The van der Waals surface area contributed by atoms with E-state index in [4.69, 9.17) is 14.7 Å². The van der Waals surface area contributed by atoms with Gasteiger partial charge in [-0.05, 0) is 74.2 Å². The van der Waals surface area contributed by atoms with Crippen LogP contribution in [0.3, 0.4) is 0 Å². The van der Waals surface area contributed by atoms with Crippen LogP contribution in [0.4, 0.5) is 5.69 Å². The van der Waals surface area contributed by atoms with Gasteiger partial charge in [-0.2, -0.15) is 15.8 Å². The molecular formula is C30H30N4O4. The van der Waals surface area contributed by atoms with E-state index in [1.54, 1.807) is 6.07 Å². The molecule has 8 nitrogen and oxygen atoms in total. The van der Waals surface area contributed by atoms with Crippen LogP contribution in [0.1, 0.15) is 41.2 Å². The van der Waals surface area contributed by atoms with Gasteiger partial charge < -0.3 is 14.4 Å². The molecule has 0 heterocycles. The highest BCUT2D eigenvalue weighted by atomic mass is 16.6. The number of hydrogen-bond donors (Lipinski definition) is 0. The van der Waals surface area contributed by atoms with Crippen LogP contribution in [0.25, 0.3) is 12.2 Å². The van der Waals surface area contributed by atoms with Gasteiger partial charge in [-0.15, -0.1) is 0 Å². The van der Waals surface area contributed by atoms with Gasteiger partial charge in [0.15, 0.2) is 0 Å². The number of anilines is 1. The third-order valence-electron chi connectivity index (χ3n) is 5.72. The number of hydrogen-bond acceptors (Lipinski definition) is 8. The van der Waals surface area contributed by atoms with E-state index in [1.807, 2.05) is 75.2 Å². The standard InChI is InChI=1S/C30H30N4O4/c1-20-7-8-24(21(2)13-20)16-27(18-33)30(36)38-23(4)19-37-29(35)26(17-32)15-25-9-10-28(14-22(25)3)34(5)12-6-11-31/h7-10,13-16,23H,6,12,19H2,1-5H3/b26-15+,27-16+. The maximum Gasteiger partial charge on any atom is 0.349 e. The van der Waals surface area contributed by atoms with Crippen LogP contribution in [0, 0.1) is 54.8 Å². The van der Waals surface area contributed by atoms with Gasteiger partial charge in [-0.1, -0.05) is 29.8 Å². The minimum Gasteiger partial charge on any atom is -0.458 e. The number of carbonyl (C=O) groups excluding carboxylic acids is 2. The number of nitriles is 3. The number of carbonyl (C=O) groups is 2. The van der Waals surface area contributed by atoms with Crippen LogP contribution >= 0.6 is 0 Å². The van der Waals surface area contributed by atoms with E-state index in [9.17, 15) is 20.1 Å². The van der Waals surface area contributed by atoms with Gasteiger partial charge in [0.1, 0.15) is 36.0 Å². The molecule has 0 fully saturated rings. The average molecular weight is 511 g/mol. The summed E-state index contributed by atoms with van der Waals surface area (Å²) in [6.45, 7) is 7.51. The molecule has 0 bridgehead atoms. The second-order valence-corrected chi connectivity index (χ2v) is 8.88. The Balaban J connectivity index is 2.03. The van der Waals surface area contributed by atoms with Crippen molar-refractivity contribution in [3.63, 3.8) is 0 Å². The Kier molecular flexibility index (Phi) is 10.8. The summed E-state index contributed by atoms with van der Waals surface area (Å²) in [5, 5.41) is 27.7. The zero-order valence-electron chi connectivity index (χ0n) is 22.2. The topological polar surface area (TPSA) is 127 Å². The quantitative estimate of drug-likeness (QED) is 0.249. The number of nitrogens with zero attached hydrogens (tertiary/aromatic N) is 4. The zero-order chi connectivity index (χ0) is 28.2. The van der Waals surface area contributed by atoms with Crippen LogP contribution < -0.4 is 4.90 Å². The monoisotopic (exact) mass is 510 g/mol. The van der Waals surface area contributed by atoms with Gasteiger partial charge in [0.2, 0.25) is 0 Å². The first kappa shape index (κ1) is 29.4. The summed E-state index contributed by atoms with van der Waals surface area (Å²) in [7, 11) is 1.88. The second-order valence-electron chi connectivity index (χ2n) is 8.88. The first-order valence-electron chi connectivity index (χ1n) is 12.0. The third-order valence-corrected chi connectivity index (χ3v) is 5.72. The molecule has 2 aromatic carbocycles. The van der Waals surface area contributed by atoms with E-state index < -0.39 is 18.0 Å². The molecule has 0 radical (unpaired) electrons. The van der Waals surface area contributed by atoms with Crippen molar-refractivity contribution < 1.29 is 19.1 Å². The molecule has 1 unspecified atom stereocenters. The Labute approximate surface area is 223 Å². The highest BCUT2D eigenvalue weighted by Crippen LogP contribution is 2.21. The van der Waals surface area contributed by atoms with Crippen LogP contribution in [-0.2, 0) is 19.1 Å². The van der Waals surface area contributed by atoms with Crippen LogP contribution in [0.2, 0.25) is 0 Å². The first-order valence-corrected chi connectivity index (χ1v) is 12.0. The van der Waals surface area contributed by atoms with E-state index in [-0.39, 0.29) is 17.8 Å². The lowest BCUT2D eigenvalue weighted by Crippen LogP contribution is -2.23. The summed E-state index contributed by atoms with van der Waals surface area (Å²) in [6.07, 6.45) is 2.46. The minimum atomic E-state index is -0.851. The van der Waals surface area contributed by atoms with E-state index in [2.05, 4.69) is 6.07 Å². The predicted molar refractivity (Wildman–Crippen MR) is 144 cm³/mol. The molecule has 0 amide bonds. The van der Waals surface area contributed by atoms with Gasteiger partial charge in [0, 0.05) is 19.3 Å². The molecule has 0 aliphatic rings. The van der Waals surface area contributed by atoms with Crippen molar-refractivity contribution in [3.8, 4) is 18.2 Å². The van der Waals surface area contributed by atoms with Crippen molar-refractivity contribution in [3.05, 3.63) is 75.4 Å². The summed E-state index contributed by atoms with van der Waals surface area (Å²) in [5.74, 6) is -1.68. The molecule has 0 aliphatic carbocycles. The van der Waals surface area contributed by atoms with E-state index in [1.165, 1.54) is 19.1 Å². The number of esters is 2. The number of rotatable bonds is 10. The van der Waals surface area contributed by atoms with E-state index in [0.717, 1.165) is 27.9 Å². The van der Waals surface area contributed by atoms with Crippen molar-refractivity contribution in [2.45, 2.75) is 40.2 Å². The second kappa shape index (κ2) is 14.0. The molecule has 1 atom stereocenters. The Morgan fingerprint density at radius 3 is 2.05 bits per heavy atom. The Morgan fingerprint density at radius 1 is 0.921 bits per heavy atom. The summed E-state index contributed by atoms with van der Waals surface area (Å²) in [6, 6.07) is 17.0. The molecule has 8 heteroatoms. The van der Waals surface area contributed by atoms with Crippen molar-refractivity contribution in [2.75, 3.05) is 25.1 Å². The molecule has 2 rings (SSSR count). The van der Waals surface area contributed by atoms with Gasteiger partial charge >= 0.3 is 11.9 Å². The Morgan fingerprint density at radius 2 is 1.50 bits per heavy atom. The van der Waals surface area contributed by atoms with E-state index >= 15 is 0 Å². The largest absolute Gasteiger partial charge is 0.458 e. The van der Waals surface area contributed by atoms with Crippen LogP contribution in [0.15, 0.2) is 47.5 Å². The third kappa shape index (κ3) is 8.36. The first-order chi connectivity index (χ1) is 18.1. The Bertz CT molecular complexity index is 1390. The lowest BCUT2D eigenvalue weighted by atomic mass is 10.0. The van der Waals surface area contributed by atoms with E-state index in [0.29, 0.717) is 18.5 Å². The number of benzene rings is 2. The molecule has 2 aromatic rings. The lowest BCUT2D eigenvalue weighted by Gasteiger charge is -2.19. The van der Waals surface area contributed by atoms with Gasteiger partial charge in [-0.3, -0.25) is 0 Å². The summed E-state index contributed by atoms with van der Waals surface area (Å²) >= 11 is 0. The number of ether oxygens (including phenoxy) is 2. The summed E-state index contributed by atoms with van der Waals surface area (Å²) < 4.78 is 10.5. The fourth-order valence-electron chi connectivity index (χ4n) is 3.53. The molecule has 0 aliphatic heterocycles. The smallest absolute Gasteiger partial charge is 0.349 e. The molecule has 0 aromatic heterocycles. The number of aryl methyl sites for hydroxylation is 3. The summed E-state index contributed by atoms with van der Waals surface area (Å²) in [5.41, 5.74) is 4.75. The fourth-order valence-corrected chi connectivity index (χ4v) is 3.53. The average Bonchev–Trinajstić information content (AvgIpc) is 2.89. The van der Waals surface area contributed by atoms with Crippen molar-refractivity contribution in [2.24, 2.45) is 0 Å². The zero-order valence-corrected chi connectivity index (χ0v) is 22.2. The SMILES string of the molecule is Cc1ccc(/C=C(\C#N)C(=O)OC(C)COC(=O)/C(C#N)=C/c2ccc(N(C)CCC#N)cc2C)c(C)c1. The van der Waals surface area contributed by atoms with Crippen molar-refractivity contribution >= 4 is 29.8 Å². The normalized spacial score (nSPS) is 11.9. The molecular weight excluding hydrogens is 480 g/mol. The molecule has 0 spiro atoms. The molecule has 0 N–H and O–H groups in total. The maximum atomic E-state index is 12.5. The molecule has 194 valence electrons. The van der Waals surface area contributed by atoms with Crippen LogP contribution in [-0.4, -0.2) is 38.2 Å². The molecule has 38 heavy (non-hydrogen) atoms. The molecule has 0 saturated carbocycles. The fraction of sp³-hybridized carbons (Fsp3) is 0.300. The highest BCUT2D eigenvalue weighted by molar-refractivity contribution is 5.99. The molecule has 0 saturated heterocycles.